The fourth-order valence-corrected chi connectivity index (χ4v) is 1.83. The lowest BCUT2D eigenvalue weighted by atomic mass is 10.3. The lowest BCUT2D eigenvalue weighted by Gasteiger charge is -2.09. The summed E-state index contributed by atoms with van der Waals surface area (Å²) in [5.41, 5.74) is 0. The molecule has 0 saturated carbocycles. The highest BCUT2D eigenvalue weighted by Gasteiger charge is 2.13. The van der Waals surface area contributed by atoms with Crippen molar-refractivity contribution in [3.8, 4) is 11.6 Å². The lowest BCUT2D eigenvalue weighted by molar-refractivity contribution is 0.416. The Morgan fingerprint density at radius 2 is 1.94 bits per heavy atom. The van der Waals surface area contributed by atoms with Gasteiger partial charge in [0.05, 0.1) is 3.57 Å². The quantitative estimate of drug-likeness (QED) is 0.844. The highest BCUT2D eigenvalue weighted by Crippen LogP contribution is 2.28. The van der Waals surface area contributed by atoms with Gasteiger partial charge in [-0.3, -0.25) is 0 Å². The predicted molar refractivity (Wildman–Crippen MR) is 72.9 cm³/mol. The number of nitrogens with zero attached hydrogens (tertiary/aromatic N) is 1. The van der Waals surface area contributed by atoms with Crippen LogP contribution < -0.4 is 10.1 Å². The van der Waals surface area contributed by atoms with Crippen molar-refractivity contribution in [2.75, 3.05) is 12.4 Å². The molecule has 2 rings (SSSR count). The third-order valence-electron chi connectivity index (χ3n) is 2.18. The highest BCUT2D eigenvalue weighted by molar-refractivity contribution is 14.1. The second kappa shape index (κ2) is 5.47. The summed E-state index contributed by atoms with van der Waals surface area (Å²) in [6, 6.07) is 7.84. The van der Waals surface area contributed by atoms with Crippen LogP contribution in [0.1, 0.15) is 0 Å². The van der Waals surface area contributed by atoms with E-state index in [9.17, 15) is 8.78 Å². The smallest absolute Gasteiger partial charge is 0.258 e. The number of rotatable bonds is 3. The largest absolute Gasteiger partial charge is 0.435 e. The Kier molecular flexibility index (Phi) is 3.95. The van der Waals surface area contributed by atoms with E-state index in [0.29, 0.717) is 5.75 Å². The molecule has 18 heavy (non-hydrogen) atoms. The number of anilines is 1. The molecular weight excluding hydrogens is 353 g/mol. The second-order valence-corrected chi connectivity index (χ2v) is 4.55. The van der Waals surface area contributed by atoms with E-state index < -0.39 is 11.6 Å². The Bertz CT molecular complexity index is 578. The number of aromatic nitrogens is 1. The van der Waals surface area contributed by atoms with Gasteiger partial charge in [0.25, 0.3) is 5.88 Å². The second-order valence-electron chi connectivity index (χ2n) is 3.39. The van der Waals surface area contributed by atoms with E-state index >= 15 is 0 Å². The minimum Gasteiger partial charge on any atom is -0.435 e. The molecule has 2 aromatic rings. The van der Waals surface area contributed by atoms with Gasteiger partial charge in [0.15, 0.2) is 17.5 Å². The molecule has 1 aromatic heterocycles. The number of halogens is 3. The summed E-state index contributed by atoms with van der Waals surface area (Å²) in [5.74, 6) is -1.45. The van der Waals surface area contributed by atoms with Crippen molar-refractivity contribution in [1.29, 1.82) is 0 Å². The number of ether oxygens (including phenoxy) is 1. The molecule has 0 atom stereocenters. The summed E-state index contributed by atoms with van der Waals surface area (Å²) in [7, 11) is 1.50. The fraction of sp³-hybridized carbons (Fsp3) is 0.0833. The van der Waals surface area contributed by atoms with E-state index in [4.69, 9.17) is 4.74 Å². The Labute approximate surface area is 116 Å². The van der Waals surface area contributed by atoms with E-state index in [1.54, 1.807) is 12.1 Å². The molecule has 0 spiro atoms. The van der Waals surface area contributed by atoms with Crippen molar-refractivity contribution in [3.63, 3.8) is 0 Å². The summed E-state index contributed by atoms with van der Waals surface area (Å²) in [5, 5.41) is 2.53. The molecule has 0 amide bonds. The van der Waals surface area contributed by atoms with Crippen LogP contribution in [-0.4, -0.2) is 12.0 Å². The van der Waals surface area contributed by atoms with E-state index in [1.165, 1.54) is 7.05 Å². The molecule has 1 heterocycles. The van der Waals surface area contributed by atoms with Crippen molar-refractivity contribution < 1.29 is 13.5 Å². The highest BCUT2D eigenvalue weighted by atomic mass is 127. The minimum absolute atomic E-state index is 0.0580. The van der Waals surface area contributed by atoms with Gasteiger partial charge in [0.1, 0.15) is 5.75 Å². The molecule has 0 saturated heterocycles. The van der Waals surface area contributed by atoms with E-state index in [-0.39, 0.29) is 11.7 Å². The molecule has 3 nitrogen and oxygen atoms in total. The van der Waals surface area contributed by atoms with Gasteiger partial charge < -0.3 is 10.1 Å². The maximum absolute atomic E-state index is 13.5. The average Bonchev–Trinajstić information content (AvgIpc) is 2.35. The van der Waals surface area contributed by atoms with E-state index in [1.807, 2.05) is 12.1 Å². The van der Waals surface area contributed by atoms with Crippen molar-refractivity contribution in [2.24, 2.45) is 0 Å². The molecule has 0 aliphatic carbocycles. The van der Waals surface area contributed by atoms with Crippen molar-refractivity contribution >= 4 is 28.4 Å². The monoisotopic (exact) mass is 362 g/mol. The molecule has 1 aromatic carbocycles. The maximum Gasteiger partial charge on any atom is 0.258 e. The Balaban J connectivity index is 2.38. The molecule has 0 aliphatic heterocycles. The van der Waals surface area contributed by atoms with Crippen LogP contribution in [0.2, 0.25) is 0 Å². The SMILES string of the molecule is CNc1nc(Oc2ccccc2I)c(F)cc1F. The van der Waals surface area contributed by atoms with Gasteiger partial charge in [-0.2, -0.15) is 4.98 Å². The van der Waals surface area contributed by atoms with Crippen molar-refractivity contribution in [1.82, 2.24) is 4.98 Å². The van der Waals surface area contributed by atoms with Crippen LogP contribution in [0.15, 0.2) is 30.3 Å². The van der Waals surface area contributed by atoms with Gasteiger partial charge in [0, 0.05) is 13.1 Å². The van der Waals surface area contributed by atoms with Gasteiger partial charge in [-0.1, -0.05) is 12.1 Å². The number of hydrogen-bond acceptors (Lipinski definition) is 3. The normalized spacial score (nSPS) is 10.2. The molecule has 0 fully saturated rings. The number of hydrogen-bond donors (Lipinski definition) is 1. The maximum atomic E-state index is 13.5. The van der Waals surface area contributed by atoms with E-state index in [0.717, 1.165) is 9.64 Å². The summed E-state index contributed by atoms with van der Waals surface area (Å²) >= 11 is 2.06. The zero-order valence-electron chi connectivity index (χ0n) is 9.38. The fourth-order valence-electron chi connectivity index (χ4n) is 1.33. The third kappa shape index (κ3) is 2.69. The topological polar surface area (TPSA) is 34.2 Å². The van der Waals surface area contributed by atoms with Crippen LogP contribution in [0.25, 0.3) is 0 Å². The first-order valence-electron chi connectivity index (χ1n) is 5.08. The molecule has 0 unspecified atom stereocenters. The van der Waals surface area contributed by atoms with Crippen LogP contribution in [0, 0.1) is 15.2 Å². The van der Waals surface area contributed by atoms with Crippen LogP contribution in [0.5, 0.6) is 11.6 Å². The zero-order valence-corrected chi connectivity index (χ0v) is 11.5. The molecule has 0 aliphatic rings. The summed E-state index contributed by atoms with van der Waals surface area (Å²) in [6.45, 7) is 0. The number of benzene rings is 1. The molecule has 0 bridgehead atoms. The summed E-state index contributed by atoms with van der Waals surface area (Å²) in [4.78, 5) is 3.74. The van der Waals surface area contributed by atoms with Crippen LogP contribution in [0.4, 0.5) is 14.6 Å². The Morgan fingerprint density at radius 1 is 1.22 bits per heavy atom. The molecule has 6 heteroatoms. The molecule has 94 valence electrons. The average molecular weight is 362 g/mol. The Hall–Kier alpha value is -1.44. The van der Waals surface area contributed by atoms with Crippen LogP contribution in [0.3, 0.4) is 0 Å². The van der Waals surface area contributed by atoms with E-state index in [2.05, 4.69) is 32.9 Å². The van der Waals surface area contributed by atoms with Gasteiger partial charge in [-0.25, -0.2) is 8.78 Å². The molecule has 1 N–H and O–H groups in total. The minimum atomic E-state index is -0.842. The number of nitrogens with one attached hydrogen (secondary N) is 1. The number of para-hydroxylation sites is 1. The zero-order chi connectivity index (χ0) is 13.1. The summed E-state index contributed by atoms with van der Waals surface area (Å²) < 4.78 is 32.9. The standard InChI is InChI=1S/C12H9F2IN2O/c1-16-11-7(13)6-8(14)12(17-11)18-10-5-3-2-4-9(10)15/h2-6H,1H3,(H,16,17). The van der Waals surface area contributed by atoms with Gasteiger partial charge in [0.2, 0.25) is 0 Å². The first-order chi connectivity index (χ1) is 8.61. The van der Waals surface area contributed by atoms with Crippen molar-refractivity contribution in [3.05, 3.63) is 45.5 Å². The first kappa shape index (κ1) is 13.0. The first-order valence-corrected chi connectivity index (χ1v) is 6.16. The molecular formula is C12H9F2IN2O. The number of pyridine rings is 1. The Morgan fingerprint density at radius 3 is 2.61 bits per heavy atom. The van der Waals surface area contributed by atoms with Crippen LogP contribution in [-0.2, 0) is 0 Å². The molecule has 0 radical (unpaired) electrons. The summed E-state index contributed by atoms with van der Waals surface area (Å²) in [6.07, 6.45) is 0. The van der Waals surface area contributed by atoms with Gasteiger partial charge >= 0.3 is 0 Å². The van der Waals surface area contributed by atoms with Crippen molar-refractivity contribution in [2.45, 2.75) is 0 Å². The van der Waals surface area contributed by atoms with Gasteiger partial charge in [-0.05, 0) is 34.7 Å². The predicted octanol–water partition coefficient (Wildman–Crippen LogP) is 3.80. The van der Waals surface area contributed by atoms with Crippen LogP contribution >= 0.6 is 22.6 Å². The third-order valence-corrected chi connectivity index (χ3v) is 3.07. The van der Waals surface area contributed by atoms with Gasteiger partial charge in [-0.15, -0.1) is 0 Å². The lowest BCUT2D eigenvalue weighted by Crippen LogP contribution is -2.01.